The van der Waals surface area contributed by atoms with Gasteiger partial charge < -0.3 is 5.73 Å². The Hall–Kier alpha value is -2.43. The molecule has 0 spiro atoms. The number of anilines is 2. The molecular weight excluding hydrogens is 456 g/mol. The summed E-state index contributed by atoms with van der Waals surface area (Å²) < 4.78 is 2.28. The van der Waals surface area contributed by atoms with Gasteiger partial charge in [0.15, 0.2) is 5.16 Å². The lowest BCUT2D eigenvalue weighted by Gasteiger charge is -2.14. The van der Waals surface area contributed by atoms with E-state index >= 15 is 0 Å². The molecule has 1 aromatic carbocycles. The van der Waals surface area contributed by atoms with Gasteiger partial charge >= 0.3 is 0 Å². The average molecular weight is 468 g/mol. The molecule has 2 heterocycles. The van der Waals surface area contributed by atoms with Crippen LogP contribution in [0.4, 0.5) is 11.8 Å². The molecule has 0 fully saturated rings. The molecule has 8 nitrogen and oxygen atoms in total. The number of hydrogen-bond donors (Lipinski definition) is 2. The van der Waals surface area contributed by atoms with Crippen LogP contribution in [0.15, 0.2) is 57.1 Å². The first kappa shape index (κ1) is 19.3. The van der Waals surface area contributed by atoms with Crippen LogP contribution in [-0.2, 0) is 4.79 Å². The maximum atomic E-state index is 12.1. The summed E-state index contributed by atoms with van der Waals surface area (Å²) in [5.74, 6) is 0.0284. The second-order valence-electron chi connectivity index (χ2n) is 5.18. The lowest BCUT2D eigenvalue weighted by molar-refractivity contribution is -0.113. The number of nitrogens with zero attached hydrogens (tertiary/aromatic N) is 4. The fraction of sp³-hybridized carbons (Fsp3) is 0.0625. The summed E-state index contributed by atoms with van der Waals surface area (Å²) >= 11 is 10.2. The molecule has 3 N–H and O–H groups in total. The third kappa shape index (κ3) is 5.06. The molecule has 0 saturated carbocycles. The summed E-state index contributed by atoms with van der Waals surface area (Å²) in [5.41, 5.74) is 6.17. The van der Waals surface area contributed by atoms with Gasteiger partial charge in [-0.25, -0.2) is 9.97 Å². The van der Waals surface area contributed by atoms with E-state index in [0.717, 1.165) is 11.8 Å². The fourth-order valence-corrected chi connectivity index (χ4v) is 3.25. The summed E-state index contributed by atoms with van der Waals surface area (Å²) in [4.78, 5) is 35.8. The zero-order valence-corrected chi connectivity index (χ0v) is 16.8. The largest absolute Gasteiger partial charge is 0.385 e. The fourth-order valence-electron chi connectivity index (χ4n) is 2.09. The molecule has 27 heavy (non-hydrogen) atoms. The quantitative estimate of drug-likeness (QED) is 0.438. The highest BCUT2D eigenvalue weighted by Crippen LogP contribution is 2.23. The number of carbonyl (C=O) groups is 1. The molecule has 2 aromatic heterocycles. The summed E-state index contributed by atoms with van der Waals surface area (Å²) in [6.45, 7) is 0. The van der Waals surface area contributed by atoms with E-state index in [2.05, 4.69) is 36.2 Å². The van der Waals surface area contributed by atoms with Gasteiger partial charge in [-0.3, -0.25) is 19.5 Å². The Morgan fingerprint density at radius 1 is 1.26 bits per heavy atom. The van der Waals surface area contributed by atoms with Crippen LogP contribution in [0.5, 0.6) is 0 Å². The molecular formula is C16H12BrClN6O2S. The number of halogens is 2. The third-order valence-electron chi connectivity index (χ3n) is 3.22. The van der Waals surface area contributed by atoms with Crippen molar-refractivity contribution in [2.75, 3.05) is 16.8 Å². The number of benzene rings is 1. The van der Waals surface area contributed by atoms with Crippen molar-refractivity contribution in [3.63, 3.8) is 0 Å². The van der Waals surface area contributed by atoms with Gasteiger partial charge in [0.05, 0.1) is 10.2 Å². The number of nitrogens with one attached hydrogen (secondary N) is 1. The normalized spacial score (nSPS) is 10.6. The van der Waals surface area contributed by atoms with Crippen molar-refractivity contribution >= 4 is 57.0 Å². The van der Waals surface area contributed by atoms with Crippen molar-refractivity contribution < 1.29 is 4.79 Å². The van der Waals surface area contributed by atoms with Gasteiger partial charge in [-0.15, -0.1) is 0 Å². The summed E-state index contributed by atoms with van der Waals surface area (Å²) in [5, 5.41) is 3.42. The van der Waals surface area contributed by atoms with E-state index in [1.807, 2.05) is 0 Å². The molecule has 3 rings (SSSR count). The summed E-state index contributed by atoms with van der Waals surface area (Å²) in [6, 6.07) is 8.09. The zero-order chi connectivity index (χ0) is 19.4. The molecule has 1 amide bonds. The van der Waals surface area contributed by atoms with Gasteiger partial charge in [0.1, 0.15) is 5.82 Å². The minimum absolute atomic E-state index is 0.0110. The highest BCUT2D eigenvalue weighted by atomic mass is 79.9. The molecule has 0 radical (unpaired) electrons. The molecule has 0 bridgehead atoms. The van der Waals surface area contributed by atoms with Crippen LogP contribution >= 0.6 is 39.3 Å². The number of hydrogen-bond acceptors (Lipinski definition) is 7. The lowest BCUT2D eigenvalue weighted by atomic mass is 10.3. The summed E-state index contributed by atoms with van der Waals surface area (Å²) in [7, 11) is 0. The van der Waals surface area contributed by atoms with E-state index in [4.69, 9.17) is 17.3 Å². The smallest absolute Gasteiger partial charge is 0.275 e. The molecule has 3 aromatic rings. The Bertz CT molecular complexity index is 1030. The van der Waals surface area contributed by atoms with Crippen molar-refractivity contribution in [1.82, 2.24) is 19.5 Å². The Balaban J connectivity index is 1.79. The molecule has 0 unspecified atom stereocenters. The predicted molar refractivity (Wildman–Crippen MR) is 108 cm³/mol. The van der Waals surface area contributed by atoms with Crippen LogP contribution in [0, 0.1) is 0 Å². The van der Waals surface area contributed by atoms with Crippen LogP contribution in [0.2, 0.25) is 5.02 Å². The second kappa shape index (κ2) is 8.51. The Labute approximate surface area is 171 Å². The summed E-state index contributed by atoms with van der Waals surface area (Å²) in [6.07, 6.45) is 3.04. The van der Waals surface area contributed by atoms with Crippen molar-refractivity contribution in [3.8, 4) is 5.69 Å². The van der Waals surface area contributed by atoms with Crippen LogP contribution in [-0.4, -0.2) is 31.2 Å². The van der Waals surface area contributed by atoms with Gasteiger partial charge in [0, 0.05) is 29.2 Å². The maximum Gasteiger partial charge on any atom is 0.275 e. The molecule has 0 aliphatic rings. The molecule has 0 saturated heterocycles. The first-order valence-corrected chi connectivity index (χ1v) is 9.64. The van der Waals surface area contributed by atoms with Gasteiger partial charge in [-0.2, -0.15) is 4.98 Å². The van der Waals surface area contributed by atoms with Gasteiger partial charge in [-0.05, 0) is 40.2 Å². The Kier molecular flexibility index (Phi) is 6.09. The van der Waals surface area contributed by atoms with Crippen molar-refractivity contribution in [1.29, 1.82) is 0 Å². The van der Waals surface area contributed by atoms with Crippen LogP contribution in [0.1, 0.15) is 0 Å². The maximum absolute atomic E-state index is 12.1. The van der Waals surface area contributed by atoms with E-state index in [-0.39, 0.29) is 28.6 Å². The zero-order valence-electron chi connectivity index (χ0n) is 13.6. The van der Waals surface area contributed by atoms with E-state index in [1.165, 1.54) is 18.5 Å². The Morgan fingerprint density at radius 2 is 1.93 bits per heavy atom. The van der Waals surface area contributed by atoms with Crippen molar-refractivity contribution in [3.05, 3.63) is 62.6 Å². The first-order chi connectivity index (χ1) is 12.9. The lowest BCUT2D eigenvalue weighted by Crippen LogP contribution is -2.19. The van der Waals surface area contributed by atoms with Crippen molar-refractivity contribution in [2.45, 2.75) is 5.16 Å². The predicted octanol–water partition coefficient (Wildman–Crippen LogP) is 2.75. The number of thioether (sulfide) groups is 1. The van der Waals surface area contributed by atoms with E-state index in [1.54, 1.807) is 28.8 Å². The van der Waals surface area contributed by atoms with Crippen LogP contribution in [0.3, 0.4) is 0 Å². The Morgan fingerprint density at radius 3 is 2.59 bits per heavy atom. The number of amides is 1. The minimum Gasteiger partial charge on any atom is -0.385 e. The molecule has 138 valence electrons. The average Bonchev–Trinajstić information content (AvgIpc) is 2.63. The molecule has 0 aliphatic carbocycles. The van der Waals surface area contributed by atoms with Crippen LogP contribution in [0.25, 0.3) is 5.69 Å². The molecule has 0 atom stereocenters. The van der Waals surface area contributed by atoms with Crippen molar-refractivity contribution in [2.24, 2.45) is 0 Å². The minimum atomic E-state index is -0.489. The number of nitrogen functional groups attached to an aromatic ring is 1. The SMILES string of the molecule is Nc1cc(=O)nc(SCC(=O)Nc2ncc(Br)cn2)n1-c1ccc(Cl)cc1. The second-order valence-corrected chi connectivity index (χ2v) is 7.47. The van der Waals surface area contributed by atoms with Gasteiger partial charge in [-0.1, -0.05) is 23.4 Å². The number of nitrogens with two attached hydrogens (primary N) is 1. The molecule has 11 heteroatoms. The van der Waals surface area contributed by atoms with E-state index in [0.29, 0.717) is 15.2 Å². The standard InChI is InChI=1S/C16H12BrClN6O2S/c17-9-6-20-15(21-7-9)22-14(26)8-27-16-23-13(25)5-12(19)24(16)11-3-1-10(18)2-4-11/h1-7H,8,19H2,(H,20,21,22,26). The monoisotopic (exact) mass is 466 g/mol. The van der Waals surface area contributed by atoms with Gasteiger partial charge in [0.25, 0.3) is 5.56 Å². The third-order valence-corrected chi connectivity index (χ3v) is 4.82. The number of carbonyl (C=O) groups excluding carboxylic acids is 1. The number of aromatic nitrogens is 4. The van der Waals surface area contributed by atoms with E-state index in [9.17, 15) is 9.59 Å². The molecule has 0 aliphatic heterocycles. The van der Waals surface area contributed by atoms with Gasteiger partial charge in [0.2, 0.25) is 11.9 Å². The highest BCUT2D eigenvalue weighted by Gasteiger charge is 2.13. The number of rotatable bonds is 5. The topological polar surface area (TPSA) is 116 Å². The van der Waals surface area contributed by atoms with E-state index < -0.39 is 5.56 Å². The highest BCUT2D eigenvalue weighted by molar-refractivity contribution is 9.10. The van der Waals surface area contributed by atoms with Crippen LogP contribution < -0.4 is 16.6 Å². The first-order valence-electron chi connectivity index (χ1n) is 7.48.